The van der Waals surface area contributed by atoms with Gasteiger partial charge in [0.05, 0.1) is 12.5 Å². The second kappa shape index (κ2) is 13.1. The van der Waals surface area contributed by atoms with Gasteiger partial charge in [-0.15, -0.1) is 0 Å². The fourth-order valence-electron chi connectivity index (χ4n) is 7.28. The number of piperazine rings is 1. The van der Waals surface area contributed by atoms with Crippen molar-refractivity contribution in [3.05, 3.63) is 70.3 Å². The first-order valence-corrected chi connectivity index (χ1v) is 16.4. The van der Waals surface area contributed by atoms with E-state index in [1.54, 1.807) is 0 Å². The van der Waals surface area contributed by atoms with Crippen molar-refractivity contribution in [2.75, 3.05) is 39.3 Å². The lowest BCUT2D eigenvalue weighted by atomic mass is 9.87. The summed E-state index contributed by atoms with van der Waals surface area (Å²) in [6.07, 6.45) is 3.85. The van der Waals surface area contributed by atoms with E-state index in [1.807, 2.05) is 51.3 Å². The lowest BCUT2D eigenvalue weighted by molar-refractivity contribution is -0.163. The predicted octanol–water partition coefficient (Wildman–Crippen LogP) is 4.73. The van der Waals surface area contributed by atoms with E-state index in [2.05, 4.69) is 23.1 Å². The van der Waals surface area contributed by atoms with Crippen molar-refractivity contribution in [1.29, 1.82) is 0 Å². The Labute approximate surface area is 266 Å². The first-order valence-electron chi connectivity index (χ1n) is 16.4. The number of hydrogen-bond donors (Lipinski definition) is 1. The van der Waals surface area contributed by atoms with E-state index >= 15 is 4.39 Å². The number of carbonyl (C=O) groups is 2. The molecule has 7 nitrogen and oxygen atoms in total. The molecule has 0 saturated carbocycles. The molecule has 2 aliphatic heterocycles. The Bertz CT molecular complexity index is 1410. The molecule has 3 aliphatic rings. The maximum atomic E-state index is 15.1. The summed E-state index contributed by atoms with van der Waals surface area (Å²) in [6, 6.07) is 9.40. The van der Waals surface area contributed by atoms with Crippen LogP contribution in [0.2, 0.25) is 0 Å². The monoisotopic (exact) mass is 625 g/mol. The van der Waals surface area contributed by atoms with E-state index in [4.69, 9.17) is 4.74 Å². The molecule has 0 spiro atoms. The fraction of sp³-hybridized carbons (Fsp3) is 0.611. The van der Waals surface area contributed by atoms with Gasteiger partial charge in [0.1, 0.15) is 23.3 Å². The molecular formula is C36H49F2N3O4. The minimum Gasteiger partial charge on any atom is -0.459 e. The highest BCUT2D eigenvalue weighted by atomic mass is 19.1. The molecule has 1 aliphatic carbocycles. The molecular weight excluding hydrogens is 576 g/mol. The Morgan fingerprint density at radius 3 is 2.38 bits per heavy atom. The van der Waals surface area contributed by atoms with E-state index in [0.29, 0.717) is 44.7 Å². The van der Waals surface area contributed by atoms with Crippen LogP contribution >= 0.6 is 0 Å². The molecule has 0 unspecified atom stereocenters. The number of halogens is 2. The quantitative estimate of drug-likeness (QED) is 0.428. The van der Waals surface area contributed by atoms with Gasteiger partial charge in [0.2, 0.25) is 5.91 Å². The van der Waals surface area contributed by atoms with Gasteiger partial charge >= 0.3 is 5.97 Å². The van der Waals surface area contributed by atoms with Crippen LogP contribution in [0, 0.1) is 17.6 Å². The second-order valence-electron chi connectivity index (χ2n) is 14.8. The zero-order valence-corrected chi connectivity index (χ0v) is 27.6. The molecule has 2 heterocycles. The Hall–Kier alpha value is -2.88. The SMILES string of the molecule is C[C@H]1CN([C@@H](Cc2ccc3c(c2)CCC3)C(=O)OC(C)(C)C)CCN1C(=O)[C@@H]1CN(C(C)(C)CO)C[C@H]1c1ccc(F)cc1F. The summed E-state index contributed by atoms with van der Waals surface area (Å²) < 4.78 is 34.8. The third kappa shape index (κ3) is 7.42. The minimum atomic E-state index is -0.661. The van der Waals surface area contributed by atoms with Crippen LogP contribution in [0.5, 0.6) is 0 Å². The number of ether oxygens (including phenoxy) is 1. The summed E-state index contributed by atoms with van der Waals surface area (Å²) >= 11 is 0. The van der Waals surface area contributed by atoms with E-state index in [-0.39, 0.29) is 24.5 Å². The number of rotatable bonds is 8. The maximum absolute atomic E-state index is 15.1. The van der Waals surface area contributed by atoms with Crippen LogP contribution in [0.4, 0.5) is 8.78 Å². The molecule has 2 aromatic carbocycles. The number of carbonyl (C=O) groups excluding carboxylic acids is 2. The number of aryl methyl sites for hydroxylation is 2. The molecule has 2 fully saturated rings. The highest BCUT2D eigenvalue weighted by Crippen LogP contribution is 2.39. The number of esters is 1. The first kappa shape index (κ1) is 33.5. The lowest BCUT2D eigenvalue weighted by Crippen LogP contribution is -2.60. The molecule has 0 bridgehead atoms. The number of benzene rings is 2. The number of nitrogens with zero attached hydrogens (tertiary/aromatic N) is 3. The molecule has 9 heteroatoms. The zero-order valence-electron chi connectivity index (χ0n) is 27.6. The van der Waals surface area contributed by atoms with Gasteiger partial charge in [0, 0.05) is 56.3 Å². The summed E-state index contributed by atoms with van der Waals surface area (Å²) in [5, 5.41) is 10.1. The largest absolute Gasteiger partial charge is 0.459 e. The van der Waals surface area contributed by atoms with Gasteiger partial charge in [-0.25, -0.2) is 8.78 Å². The summed E-state index contributed by atoms with van der Waals surface area (Å²) in [4.78, 5) is 33.9. The van der Waals surface area contributed by atoms with Crippen LogP contribution in [0.3, 0.4) is 0 Å². The Morgan fingerprint density at radius 1 is 0.978 bits per heavy atom. The molecule has 2 aromatic rings. The highest BCUT2D eigenvalue weighted by molar-refractivity contribution is 5.81. The Kier molecular flexibility index (Phi) is 9.74. The van der Waals surface area contributed by atoms with Crippen LogP contribution in [-0.2, 0) is 33.6 Å². The van der Waals surface area contributed by atoms with E-state index < -0.39 is 40.7 Å². The molecule has 45 heavy (non-hydrogen) atoms. The van der Waals surface area contributed by atoms with Crippen LogP contribution in [0.25, 0.3) is 0 Å². The van der Waals surface area contributed by atoms with Gasteiger partial charge in [0.25, 0.3) is 0 Å². The Balaban J connectivity index is 1.35. The predicted molar refractivity (Wildman–Crippen MR) is 170 cm³/mol. The number of hydrogen-bond acceptors (Lipinski definition) is 6. The summed E-state index contributed by atoms with van der Waals surface area (Å²) in [6.45, 7) is 13.5. The van der Waals surface area contributed by atoms with Crippen LogP contribution in [-0.4, -0.2) is 94.2 Å². The standard InChI is InChI=1S/C36H49F2N3O4/c1-23-19-39(32(34(44)45-35(2,3)4)17-24-10-11-25-8-7-9-26(25)16-24)14-15-41(23)33(43)30-21-40(36(5,6)22-42)20-29(30)28-13-12-27(37)18-31(28)38/h10-13,16,18,23,29-30,32,42H,7-9,14-15,17,19-22H2,1-6H3/t23-,29-,30+,32-/m0/s1. The average Bonchev–Trinajstić information content (AvgIpc) is 3.62. The molecule has 1 amide bonds. The number of likely N-dealkylation sites (tertiary alicyclic amines) is 1. The molecule has 0 radical (unpaired) electrons. The molecule has 4 atom stereocenters. The van der Waals surface area contributed by atoms with Crippen molar-refractivity contribution < 1.29 is 28.2 Å². The summed E-state index contributed by atoms with van der Waals surface area (Å²) in [5.41, 5.74) is 2.95. The third-order valence-electron chi connectivity index (χ3n) is 9.90. The average molecular weight is 626 g/mol. The lowest BCUT2D eigenvalue weighted by Gasteiger charge is -2.44. The van der Waals surface area contributed by atoms with Crippen LogP contribution in [0.15, 0.2) is 36.4 Å². The molecule has 5 rings (SSSR count). The van der Waals surface area contributed by atoms with Gasteiger partial charge in [-0.1, -0.05) is 24.3 Å². The molecule has 2 saturated heterocycles. The van der Waals surface area contributed by atoms with Gasteiger partial charge in [-0.05, 0) is 95.5 Å². The van der Waals surface area contributed by atoms with E-state index in [0.717, 1.165) is 30.9 Å². The van der Waals surface area contributed by atoms with Crippen molar-refractivity contribution in [2.45, 2.75) is 96.4 Å². The van der Waals surface area contributed by atoms with E-state index in [1.165, 1.54) is 23.3 Å². The minimum absolute atomic E-state index is 0.0837. The molecule has 1 N–H and O–H groups in total. The fourth-order valence-corrected chi connectivity index (χ4v) is 7.28. The highest BCUT2D eigenvalue weighted by Gasteiger charge is 2.47. The summed E-state index contributed by atoms with van der Waals surface area (Å²) in [5.74, 6) is -2.71. The third-order valence-corrected chi connectivity index (χ3v) is 9.90. The van der Waals surface area contributed by atoms with Crippen LogP contribution < -0.4 is 0 Å². The number of fused-ring (bicyclic) bond motifs is 1. The normalized spacial score (nSPS) is 23.7. The van der Waals surface area contributed by atoms with Gasteiger partial charge in [-0.2, -0.15) is 0 Å². The zero-order chi connectivity index (χ0) is 32.7. The van der Waals surface area contributed by atoms with Gasteiger partial charge in [-0.3, -0.25) is 19.4 Å². The van der Waals surface area contributed by atoms with Crippen molar-refractivity contribution in [2.24, 2.45) is 5.92 Å². The van der Waals surface area contributed by atoms with Gasteiger partial charge < -0.3 is 14.7 Å². The molecule has 0 aromatic heterocycles. The van der Waals surface area contributed by atoms with Crippen molar-refractivity contribution in [3.63, 3.8) is 0 Å². The maximum Gasteiger partial charge on any atom is 0.324 e. The molecule has 246 valence electrons. The van der Waals surface area contributed by atoms with Gasteiger partial charge in [0.15, 0.2) is 0 Å². The van der Waals surface area contributed by atoms with Crippen molar-refractivity contribution >= 4 is 11.9 Å². The second-order valence-corrected chi connectivity index (χ2v) is 14.8. The number of aliphatic hydroxyl groups is 1. The van der Waals surface area contributed by atoms with Crippen molar-refractivity contribution in [3.8, 4) is 0 Å². The number of amides is 1. The summed E-state index contributed by atoms with van der Waals surface area (Å²) in [7, 11) is 0. The number of aliphatic hydroxyl groups excluding tert-OH is 1. The van der Waals surface area contributed by atoms with E-state index in [9.17, 15) is 19.1 Å². The first-order chi connectivity index (χ1) is 21.2. The Morgan fingerprint density at radius 2 is 1.71 bits per heavy atom. The topological polar surface area (TPSA) is 73.3 Å². The van der Waals surface area contributed by atoms with Crippen LogP contribution in [0.1, 0.15) is 76.1 Å². The van der Waals surface area contributed by atoms with Crippen molar-refractivity contribution in [1.82, 2.24) is 14.7 Å². The smallest absolute Gasteiger partial charge is 0.324 e.